The molecule has 0 unspecified atom stereocenters. The molecular weight excluding hydrogens is 480 g/mol. The summed E-state index contributed by atoms with van der Waals surface area (Å²) in [5, 5.41) is 7.05. The standard InChI is InChI=1S/C26H32N4O3S2/c31-25(27-12-15-30-13-10-20(11-14-30)16-19-4-2-1-3-5-19)21-6-8-22(9-7-21)28-26-29-23-17-35(32,33)18-24(23)34-26/h1-9,20,23-24H,10-18H2,(H,27,31)(H,28,29)/t23-,24-/m1/s1. The molecule has 3 heterocycles. The quantitative estimate of drug-likeness (QED) is 0.593. The number of rotatable bonds is 7. The lowest BCUT2D eigenvalue weighted by Crippen LogP contribution is -2.39. The second-order valence-corrected chi connectivity index (χ2v) is 13.0. The van der Waals surface area contributed by atoms with Gasteiger partial charge in [-0.2, -0.15) is 0 Å². The average molecular weight is 513 g/mol. The molecule has 3 aliphatic heterocycles. The van der Waals surface area contributed by atoms with Crippen LogP contribution in [0.25, 0.3) is 0 Å². The van der Waals surface area contributed by atoms with E-state index in [-0.39, 0.29) is 28.7 Å². The van der Waals surface area contributed by atoms with E-state index in [1.165, 1.54) is 30.2 Å². The number of amidine groups is 1. The predicted octanol–water partition coefficient (Wildman–Crippen LogP) is 3.05. The van der Waals surface area contributed by atoms with Crippen LogP contribution in [0.3, 0.4) is 0 Å². The molecule has 2 aromatic rings. The SMILES string of the molecule is O=C(NCCN1CCC(Cc2ccccc2)CC1)c1ccc(NC2=N[C@@H]3CS(=O)(=O)C[C@H]3S2)cc1. The number of likely N-dealkylation sites (tertiary alicyclic amines) is 1. The molecule has 0 radical (unpaired) electrons. The number of nitrogens with zero attached hydrogens (tertiary/aromatic N) is 2. The first-order chi connectivity index (χ1) is 16.9. The highest BCUT2D eigenvalue weighted by Gasteiger charge is 2.42. The van der Waals surface area contributed by atoms with E-state index in [0.29, 0.717) is 12.1 Å². The Morgan fingerprint density at radius 3 is 2.49 bits per heavy atom. The molecule has 1 amide bonds. The minimum Gasteiger partial charge on any atom is -0.351 e. The Morgan fingerprint density at radius 2 is 1.77 bits per heavy atom. The summed E-state index contributed by atoms with van der Waals surface area (Å²) in [5.41, 5.74) is 2.89. The van der Waals surface area contributed by atoms with Gasteiger partial charge < -0.3 is 15.5 Å². The Hall–Kier alpha value is -2.36. The Labute approximate surface area is 211 Å². The number of benzene rings is 2. The molecule has 7 nitrogen and oxygen atoms in total. The van der Waals surface area contributed by atoms with Crippen LogP contribution in [-0.2, 0) is 16.3 Å². The van der Waals surface area contributed by atoms with Crippen molar-refractivity contribution < 1.29 is 13.2 Å². The first-order valence-electron chi connectivity index (χ1n) is 12.3. The lowest BCUT2D eigenvalue weighted by molar-refractivity contribution is 0.0944. The normalized spacial score (nSPS) is 24.1. The van der Waals surface area contributed by atoms with Gasteiger partial charge in [-0.15, -0.1) is 0 Å². The Bertz CT molecular complexity index is 1160. The third kappa shape index (κ3) is 6.45. The molecule has 2 saturated heterocycles. The fourth-order valence-electron chi connectivity index (χ4n) is 5.04. The Morgan fingerprint density at radius 1 is 1.03 bits per heavy atom. The van der Waals surface area contributed by atoms with Gasteiger partial charge in [0.1, 0.15) is 0 Å². The van der Waals surface area contributed by atoms with Gasteiger partial charge in [-0.1, -0.05) is 42.1 Å². The van der Waals surface area contributed by atoms with E-state index in [9.17, 15) is 13.2 Å². The summed E-state index contributed by atoms with van der Waals surface area (Å²) < 4.78 is 23.4. The summed E-state index contributed by atoms with van der Waals surface area (Å²) in [6, 6.07) is 17.9. The summed E-state index contributed by atoms with van der Waals surface area (Å²) in [4.78, 5) is 19.5. The fourth-order valence-corrected chi connectivity index (χ4v) is 8.71. The number of aliphatic imine (C=N–C) groups is 1. The number of nitrogens with one attached hydrogen (secondary N) is 2. The molecule has 2 atom stereocenters. The zero-order chi connectivity index (χ0) is 24.3. The molecule has 3 aliphatic rings. The third-order valence-corrected chi connectivity index (χ3v) is 10.1. The van der Waals surface area contributed by atoms with Crippen LogP contribution in [0.4, 0.5) is 5.69 Å². The van der Waals surface area contributed by atoms with E-state index in [1.54, 1.807) is 12.1 Å². The van der Waals surface area contributed by atoms with E-state index in [1.807, 2.05) is 12.1 Å². The van der Waals surface area contributed by atoms with Gasteiger partial charge in [-0.25, -0.2) is 8.42 Å². The molecule has 2 fully saturated rings. The van der Waals surface area contributed by atoms with Gasteiger partial charge in [-0.05, 0) is 68.1 Å². The Balaban J connectivity index is 1.02. The van der Waals surface area contributed by atoms with E-state index in [0.717, 1.165) is 42.8 Å². The molecule has 186 valence electrons. The number of carbonyl (C=O) groups excluding carboxylic acids is 1. The monoisotopic (exact) mass is 512 g/mol. The summed E-state index contributed by atoms with van der Waals surface area (Å²) in [6.45, 7) is 3.69. The first-order valence-corrected chi connectivity index (χ1v) is 15.0. The summed E-state index contributed by atoms with van der Waals surface area (Å²) >= 11 is 1.49. The summed E-state index contributed by atoms with van der Waals surface area (Å²) in [7, 11) is -2.95. The van der Waals surface area contributed by atoms with Crippen molar-refractivity contribution in [3.05, 3.63) is 65.7 Å². The van der Waals surface area contributed by atoms with Crippen LogP contribution >= 0.6 is 11.8 Å². The zero-order valence-electron chi connectivity index (χ0n) is 19.7. The average Bonchev–Trinajstić information content (AvgIpc) is 3.33. The maximum absolute atomic E-state index is 12.6. The van der Waals surface area contributed by atoms with E-state index < -0.39 is 9.84 Å². The minimum absolute atomic E-state index is 0.0159. The van der Waals surface area contributed by atoms with Crippen LogP contribution in [0.2, 0.25) is 0 Å². The van der Waals surface area contributed by atoms with E-state index in [2.05, 4.69) is 50.9 Å². The lowest BCUT2D eigenvalue weighted by Gasteiger charge is -2.32. The number of hydrogen-bond acceptors (Lipinski definition) is 7. The van der Waals surface area contributed by atoms with Crippen LogP contribution in [0.15, 0.2) is 59.6 Å². The van der Waals surface area contributed by atoms with Gasteiger partial charge in [0.05, 0.1) is 17.5 Å². The lowest BCUT2D eigenvalue weighted by atomic mass is 9.90. The highest BCUT2D eigenvalue weighted by Crippen LogP contribution is 2.34. The number of fused-ring (bicyclic) bond motifs is 1. The molecule has 5 rings (SSSR count). The molecule has 9 heteroatoms. The smallest absolute Gasteiger partial charge is 0.251 e. The van der Waals surface area contributed by atoms with Gasteiger partial charge in [0.25, 0.3) is 5.91 Å². The minimum atomic E-state index is -2.95. The van der Waals surface area contributed by atoms with Crippen molar-refractivity contribution in [2.75, 3.05) is 43.0 Å². The van der Waals surface area contributed by atoms with Gasteiger partial charge in [0.15, 0.2) is 15.0 Å². The van der Waals surface area contributed by atoms with Crippen molar-refractivity contribution in [1.29, 1.82) is 0 Å². The first kappa shape index (κ1) is 24.3. The Kier molecular flexibility index (Phi) is 7.45. The predicted molar refractivity (Wildman–Crippen MR) is 143 cm³/mol. The third-order valence-electron chi connectivity index (χ3n) is 7.00. The number of hydrogen-bond donors (Lipinski definition) is 2. The number of sulfone groups is 1. The largest absolute Gasteiger partial charge is 0.351 e. The molecule has 0 saturated carbocycles. The topological polar surface area (TPSA) is 90.9 Å². The van der Waals surface area contributed by atoms with Crippen molar-refractivity contribution in [3.63, 3.8) is 0 Å². The van der Waals surface area contributed by atoms with Crippen molar-refractivity contribution in [2.45, 2.75) is 30.6 Å². The molecule has 0 bridgehead atoms. The zero-order valence-corrected chi connectivity index (χ0v) is 21.4. The molecule has 35 heavy (non-hydrogen) atoms. The van der Waals surface area contributed by atoms with E-state index >= 15 is 0 Å². The molecule has 2 aromatic carbocycles. The highest BCUT2D eigenvalue weighted by atomic mass is 32.2. The number of carbonyl (C=O) groups is 1. The van der Waals surface area contributed by atoms with Crippen LogP contribution in [0, 0.1) is 5.92 Å². The highest BCUT2D eigenvalue weighted by molar-refractivity contribution is 8.15. The van der Waals surface area contributed by atoms with Crippen molar-refractivity contribution in [1.82, 2.24) is 10.2 Å². The van der Waals surface area contributed by atoms with Crippen molar-refractivity contribution in [2.24, 2.45) is 10.9 Å². The number of anilines is 1. The van der Waals surface area contributed by atoms with Gasteiger partial charge in [-0.3, -0.25) is 9.79 Å². The molecule has 0 aliphatic carbocycles. The van der Waals surface area contributed by atoms with Gasteiger partial charge in [0, 0.05) is 29.6 Å². The van der Waals surface area contributed by atoms with Gasteiger partial charge in [0.2, 0.25) is 0 Å². The second kappa shape index (κ2) is 10.7. The summed E-state index contributed by atoms with van der Waals surface area (Å²) in [6.07, 6.45) is 3.57. The molecule has 0 aromatic heterocycles. The molecule has 0 spiro atoms. The molecule has 2 N–H and O–H groups in total. The summed E-state index contributed by atoms with van der Waals surface area (Å²) in [5.74, 6) is 1.02. The number of thioether (sulfide) groups is 1. The van der Waals surface area contributed by atoms with Crippen LogP contribution < -0.4 is 10.6 Å². The van der Waals surface area contributed by atoms with Crippen LogP contribution in [0.1, 0.15) is 28.8 Å². The maximum Gasteiger partial charge on any atom is 0.251 e. The van der Waals surface area contributed by atoms with Crippen LogP contribution in [-0.4, -0.2) is 73.4 Å². The van der Waals surface area contributed by atoms with Crippen molar-refractivity contribution >= 4 is 38.4 Å². The van der Waals surface area contributed by atoms with Crippen LogP contribution in [0.5, 0.6) is 0 Å². The second-order valence-electron chi connectivity index (χ2n) is 9.67. The fraction of sp³-hybridized carbons (Fsp3) is 0.462. The number of amides is 1. The van der Waals surface area contributed by atoms with Gasteiger partial charge >= 0.3 is 0 Å². The van der Waals surface area contributed by atoms with E-state index in [4.69, 9.17) is 0 Å². The maximum atomic E-state index is 12.6. The molecular formula is C26H32N4O3S2. The van der Waals surface area contributed by atoms with Crippen molar-refractivity contribution in [3.8, 4) is 0 Å². The number of piperidine rings is 1.